The van der Waals surface area contributed by atoms with Gasteiger partial charge in [-0.1, -0.05) is 18.2 Å². The molecule has 4 rings (SSSR count). The zero-order chi connectivity index (χ0) is 20.9. The van der Waals surface area contributed by atoms with Crippen LogP contribution in [0.15, 0.2) is 48.8 Å². The fourth-order valence-corrected chi connectivity index (χ4v) is 2.95. The Labute approximate surface area is 165 Å². The zero-order valence-corrected chi connectivity index (χ0v) is 15.8. The van der Waals surface area contributed by atoms with E-state index in [1.165, 1.54) is 11.6 Å². The molecule has 0 bridgehead atoms. The van der Waals surface area contributed by atoms with Crippen molar-refractivity contribution in [1.29, 1.82) is 0 Å². The molecule has 0 saturated carbocycles. The number of fused-ring (bicyclic) bond motifs is 1. The third-order valence-corrected chi connectivity index (χ3v) is 4.36. The van der Waals surface area contributed by atoms with E-state index >= 15 is 0 Å². The van der Waals surface area contributed by atoms with Gasteiger partial charge < -0.3 is 14.0 Å². The molecule has 0 spiro atoms. The smallest absolute Gasteiger partial charge is 0.403 e. The van der Waals surface area contributed by atoms with Gasteiger partial charge in [0, 0.05) is 26.7 Å². The number of hydrogen-bond acceptors (Lipinski definition) is 4. The fourth-order valence-electron chi connectivity index (χ4n) is 2.95. The molecule has 1 aliphatic heterocycles. The van der Waals surface area contributed by atoms with Gasteiger partial charge in [0.1, 0.15) is 0 Å². The number of benzene rings is 2. The average Bonchev–Trinajstić information content (AvgIpc) is 3.06. The second kappa shape index (κ2) is 9.23. The molecule has 0 radical (unpaired) electrons. The van der Waals surface area contributed by atoms with Crippen molar-refractivity contribution in [2.75, 3.05) is 26.3 Å². The Hall–Kier alpha value is -2.65. The lowest BCUT2D eigenvalue weighted by molar-refractivity contribution is -0.275. The summed E-state index contributed by atoms with van der Waals surface area (Å²) < 4.78 is 60.2. The topological polar surface area (TPSA) is 39.5 Å². The number of imidazole rings is 1. The monoisotopic (exact) mass is 411 g/mol. The maximum Gasteiger partial charge on any atom is 0.573 e. The predicted molar refractivity (Wildman–Crippen MR) is 99.9 cm³/mol. The normalized spacial score (nSPS) is 15.1. The largest absolute Gasteiger partial charge is 0.573 e. The van der Waals surface area contributed by atoms with Gasteiger partial charge in [-0.05, 0) is 29.8 Å². The standard InChI is InChI=1S/C12H13F4NO2.C8H8N2/c13-10-7-9(8-17-3-5-18-6-4-17)1-2-11(10)19-12(14,15)16;1-10-6-9-7-4-2-3-5-8(7)10/h1-2,7H,3-6,8H2;2-6H,1H3. The molecule has 0 unspecified atom stereocenters. The van der Waals surface area contributed by atoms with Crippen LogP contribution in [-0.4, -0.2) is 47.1 Å². The van der Waals surface area contributed by atoms with E-state index in [1.807, 2.05) is 41.0 Å². The van der Waals surface area contributed by atoms with Crippen molar-refractivity contribution >= 4 is 11.0 Å². The molecule has 0 N–H and O–H groups in total. The van der Waals surface area contributed by atoms with Crippen LogP contribution < -0.4 is 4.74 Å². The van der Waals surface area contributed by atoms with Crippen LogP contribution in [0.5, 0.6) is 5.75 Å². The number of halogens is 4. The minimum Gasteiger partial charge on any atom is -0.403 e. The highest BCUT2D eigenvalue weighted by atomic mass is 19.4. The van der Waals surface area contributed by atoms with E-state index in [-0.39, 0.29) is 0 Å². The number of rotatable bonds is 3. The number of aryl methyl sites for hydroxylation is 1. The Bertz CT molecular complexity index is 937. The Balaban J connectivity index is 0.000000200. The first-order valence-electron chi connectivity index (χ1n) is 9.02. The third kappa shape index (κ3) is 6.16. The number of aromatic nitrogens is 2. The SMILES string of the molecule is Cn1cnc2ccccc21.Fc1cc(CN2CCOCC2)ccc1OC(F)(F)F. The summed E-state index contributed by atoms with van der Waals surface area (Å²) in [6.45, 7) is 3.15. The fraction of sp³-hybridized carbons (Fsp3) is 0.350. The molecule has 5 nitrogen and oxygen atoms in total. The highest BCUT2D eigenvalue weighted by Gasteiger charge is 2.32. The van der Waals surface area contributed by atoms with Crippen molar-refractivity contribution in [3.05, 3.63) is 60.2 Å². The van der Waals surface area contributed by atoms with Gasteiger partial charge in [-0.25, -0.2) is 9.37 Å². The molecular weight excluding hydrogens is 390 g/mol. The van der Waals surface area contributed by atoms with Crippen LogP contribution in [0.25, 0.3) is 11.0 Å². The van der Waals surface area contributed by atoms with Crippen LogP contribution in [0.1, 0.15) is 5.56 Å². The van der Waals surface area contributed by atoms with Crippen molar-refractivity contribution in [2.45, 2.75) is 12.9 Å². The van der Waals surface area contributed by atoms with E-state index in [0.717, 1.165) is 30.7 Å². The molecule has 156 valence electrons. The molecule has 0 aliphatic carbocycles. The minimum atomic E-state index is -4.88. The van der Waals surface area contributed by atoms with Gasteiger partial charge in [0.15, 0.2) is 11.6 Å². The molecular formula is C20H21F4N3O2. The quantitative estimate of drug-likeness (QED) is 0.608. The van der Waals surface area contributed by atoms with Crippen molar-refractivity contribution in [3.63, 3.8) is 0 Å². The second-order valence-electron chi connectivity index (χ2n) is 6.55. The maximum absolute atomic E-state index is 13.5. The summed E-state index contributed by atoms with van der Waals surface area (Å²) in [5.41, 5.74) is 2.85. The molecule has 1 aliphatic rings. The number of alkyl halides is 3. The summed E-state index contributed by atoms with van der Waals surface area (Å²) in [6.07, 6.45) is -3.06. The molecule has 1 aromatic heterocycles. The lowest BCUT2D eigenvalue weighted by Crippen LogP contribution is -2.35. The van der Waals surface area contributed by atoms with Crippen molar-refractivity contribution in [1.82, 2.24) is 14.5 Å². The molecule has 0 amide bonds. The number of morpholine rings is 1. The lowest BCUT2D eigenvalue weighted by atomic mass is 10.2. The van der Waals surface area contributed by atoms with E-state index in [0.29, 0.717) is 25.3 Å². The van der Waals surface area contributed by atoms with E-state index in [1.54, 1.807) is 0 Å². The third-order valence-electron chi connectivity index (χ3n) is 4.36. The van der Waals surface area contributed by atoms with E-state index < -0.39 is 17.9 Å². The van der Waals surface area contributed by atoms with Gasteiger partial charge in [0.2, 0.25) is 0 Å². The molecule has 3 aromatic rings. The van der Waals surface area contributed by atoms with Crippen molar-refractivity contribution in [2.24, 2.45) is 7.05 Å². The van der Waals surface area contributed by atoms with Crippen LogP contribution in [0.2, 0.25) is 0 Å². The molecule has 0 atom stereocenters. The zero-order valence-electron chi connectivity index (χ0n) is 15.8. The summed E-state index contributed by atoms with van der Waals surface area (Å²) >= 11 is 0. The maximum atomic E-state index is 13.5. The van der Waals surface area contributed by atoms with Crippen LogP contribution in [0.3, 0.4) is 0 Å². The number of hydrogen-bond donors (Lipinski definition) is 0. The summed E-state index contributed by atoms with van der Waals surface area (Å²) in [5.74, 6) is -1.82. The van der Waals surface area contributed by atoms with Gasteiger partial charge >= 0.3 is 6.36 Å². The van der Waals surface area contributed by atoms with Crippen LogP contribution in [-0.2, 0) is 18.3 Å². The van der Waals surface area contributed by atoms with Gasteiger partial charge in [-0.15, -0.1) is 13.2 Å². The molecule has 2 heterocycles. The molecule has 29 heavy (non-hydrogen) atoms. The summed E-state index contributed by atoms with van der Waals surface area (Å²) in [4.78, 5) is 6.23. The summed E-state index contributed by atoms with van der Waals surface area (Å²) in [5, 5.41) is 0. The van der Waals surface area contributed by atoms with Gasteiger partial charge in [0.25, 0.3) is 0 Å². The molecule has 1 saturated heterocycles. The Morgan fingerprint density at radius 1 is 1.10 bits per heavy atom. The first-order valence-corrected chi connectivity index (χ1v) is 9.02. The van der Waals surface area contributed by atoms with Crippen LogP contribution >= 0.6 is 0 Å². The lowest BCUT2D eigenvalue weighted by Gasteiger charge is -2.26. The Kier molecular flexibility index (Phi) is 6.71. The molecule has 2 aromatic carbocycles. The molecule has 9 heteroatoms. The minimum absolute atomic E-state index is 0.479. The van der Waals surface area contributed by atoms with E-state index in [4.69, 9.17) is 4.74 Å². The Morgan fingerprint density at radius 2 is 1.83 bits per heavy atom. The van der Waals surface area contributed by atoms with E-state index in [2.05, 4.69) is 15.8 Å². The van der Waals surface area contributed by atoms with Crippen LogP contribution in [0.4, 0.5) is 17.6 Å². The van der Waals surface area contributed by atoms with Crippen molar-refractivity contribution < 1.29 is 27.0 Å². The number of para-hydroxylation sites is 2. The van der Waals surface area contributed by atoms with Crippen molar-refractivity contribution in [3.8, 4) is 5.75 Å². The second-order valence-corrected chi connectivity index (χ2v) is 6.55. The summed E-state index contributed by atoms with van der Waals surface area (Å²) in [7, 11) is 2.00. The first-order chi connectivity index (χ1) is 13.8. The average molecular weight is 411 g/mol. The number of nitrogens with zero attached hydrogens (tertiary/aromatic N) is 3. The Morgan fingerprint density at radius 3 is 2.48 bits per heavy atom. The first kappa shape index (κ1) is 21.1. The van der Waals surface area contributed by atoms with E-state index in [9.17, 15) is 17.6 Å². The highest BCUT2D eigenvalue weighted by Crippen LogP contribution is 2.26. The van der Waals surface area contributed by atoms with Gasteiger partial charge in [-0.2, -0.15) is 0 Å². The van der Waals surface area contributed by atoms with Gasteiger partial charge in [-0.3, -0.25) is 4.90 Å². The predicted octanol–water partition coefficient (Wildman–Crippen LogP) is 4.13. The highest BCUT2D eigenvalue weighted by molar-refractivity contribution is 5.74. The van der Waals surface area contributed by atoms with Gasteiger partial charge in [0.05, 0.1) is 30.6 Å². The molecule has 1 fully saturated rings. The summed E-state index contributed by atoms with van der Waals surface area (Å²) in [6, 6.07) is 11.6. The number of ether oxygens (including phenoxy) is 2. The van der Waals surface area contributed by atoms with Crippen LogP contribution in [0, 0.1) is 5.82 Å².